The first-order valence-corrected chi connectivity index (χ1v) is 9.54. The van der Waals surface area contributed by atoms with Crippen LogP contribution in [-0.4, -0.2) is 16.9 Å². The molecule has 26 heavy (non-hydrogen) atoms. The molecular weight excluding hydrogens is 366 g/mol. The molecule has 2 aliphatic rings. The van der Waals surface area contributed by atoms with Crippen LogP contribution in [0.25, 0.3) is 0 Å². The molecule has 2 atom stereocenters. The van der Waals surface area contributed by atoms with Crippen molar-refractivity contribution in [2.75, 3.05) is 11.7 Å². The fraction of sp³-hybridized carbons (Fsp3) is 0.158. The third-order valence-electron chi connectivity index (χ3n) is 4.57. The Morgan fingerprint density at radius 1 is 1.12 bits per heavy atom. The van der Waals surface area contributed by atoms with Crippen molar-refractivity contribution in [1.29, 1.82) is 0 Å². The minimum atomic E-state index is -0.0206. The topological polar surface area (TPSA) is 46.6 Å². The Labute approximate surface area is 160 Å². The molecule has 3 aromatic rings. The number of hydrogen-bond acceptors (Lipinski definition) is 5. The number of fused-ring (bicyclic) bond motifs is 1. The summed E-state index contributed by atoms with van der Waals surface area (Å²) in [6.45, 7) is 0.256. The van der Waals surface area contributed by atoms with E-state index in [9.17, 15) is 0 Å². The Bertz CT molecular complexity index is 947. The number of thiophene rings is 1. The zero-order chi connectivity index (χ0) is 17.5. The van der Waals surface area contributed by atoms with E-state index in [1.165, 1.54) is 4.88 Å². The van der Waals surface area contributed by atoms with Gasteiger partial charge in [0, 0.05) is 22.8 Å². The van der Waals surface area contributed by atoms with Gasteiger partial charge in [-0.3, -0.25) is 4.98 Å². The number of rotatable bonds is 3. The summed E-state index contributed by atoms with van der Waals surface area (Å²) in [5.41, 5.74) is 1.94. The fourth-order valence-corrected chi connectivity index (χ4v) is 4.61. The van der Waals surface area contributed by atoms with Gasteiger partial charge < -0.3 is 19.7 Å². The van der Waals surface area contributed by atoms with Crippen LogP contribution in [0.3, 0.4) is 0 Å². The number of benzene rings is 1. The number of nitrogens with zero attached hydrogens (tertiary/aromatic N) is 2. The van der Waals surface area contributed by atoms with Crippen LogP contribution in [0.4, 0.5) is 5.69 Å². The van der Waals surface area contributed by atoms with Crippen molar-refractivity contribution in [3.05, 3.63) is 70.7 Å². The lowest BCUT2D eigenvalue weighted by atomic mass is 10.0. The normalized spacial score (nSPS) is 21.1. The summed E-state index contributed by atoms with van der Waals surface area (Å²) in [4.78, 5) is 7.92. The quantitative estimate of drug-likeness (QED) is 0.691. The second-order valence-electron chi connectivity index (χ2n) is 6.05. The van der Waals surface area contributed by atoms with Crippen molar-refractivity contribution in [1.82, 2.24) is 10.3 Å². The van der Waals surface area contributed by atoms with Gasteiger partial charge in [-0.15, -0.1) is 11.3 Å². The second kappa shape index (κ2) is 6.26. The van der Waals surface area contributed by atoms with Gasteiger partial charge in [-0.05, 0) is 47.9 Å². The summed E-state index contributed by atoms with van der Waals surface area (Å²) in [6, 6.07) is 16.1. The van der Waals surface area contributed by atoms with Gasteiger partial charge in [-0.1, -0.05) is 12.1 Å². The Hall–Kier alpha value is -2.64. The van der Waals surface area contributed by atoms with Crippen LogP contribution < -0.4 is 19.7 Å². The van der Waals surface area contributed by atoms with E-state index in [0.29, 0.717) is 5.11 Å². The summed E-state index contributed by atoms with van der Waals surface area (Å²) >= 11 is 7.42. The fourth-order valence-electron chi connectivity index (χ4n) is 3.42. The molecule has 130 valence electrons. The maximum absolute atomic E-state index is 5.70. The summed E-state index contributed by atoms with van der Waals surface area (Å²) in [6.07, 6.45) is 1.81. The molecule has 0 radical (unpaired) electrons. The molecule has 0 aliphatic carbocycles. The summed E-state index contributed by atoms with van der Waals surface area (Å²) in [5, 5.41) is 6.22. The molecule has 2 aromatic heterocycles. The van der Waals surface area contributed by atoms with E-state index >= 15 is 0 Å². The van der Waals surface area contributed by atoms with Crippen LogP contribution in [0.1, 0.15) is 22.7 Å². The Morgan fingerprint density at radius 3 is 2.85 bits per heavy atom. The molecule has 7 heteroatoms. The first-order valence-electron chi connectivity index (χ1n) is 8.25. The third-order valence-corrected chi connectivity index (χ3v) is 5.82. The Kier molecular flexibility index (Phi) is 3.76. The van der Waals surface area contributed by atoms with Crippen LogP contribution >= 0.6 is 23.6 Å². The highest BCUT2D eigenvalue weighted by Crippen LogP contribution is 2.45. The van der Waals surface area contributed by atoms with Crippen molar-refractivity contribution < 1.29 is 9.47 Å². The predicted molar refractivity (Wildman–Crippen MR) is 105 cm³/mol. The smallest absolute Gasteiger partial charge is 0.231 e. The molecule has 0 spiro atoms. The largest absolute Gasteiger partial charge is 0.454 e. The van der Waals surface area contributed by atoms with Crippen molar-refractivity contribution in [2.45, 2.75) is 12.1 Å². The molecule has 2 aliphatic heterocycles. The molecule has 0 saturated carbocycles. The standard InChI is InChI=1S/C19H15N3O2S2/c25-19-21-17(13-4-1-2-8-20-13)18(16-5-3-9-26-16)22(19)12-6-7-14-15(10-12)24-11-23-14/h1-10,17-18H,11H2,(H,21,25)/t17-,18+/m0/s1. The van der Waals surface area contributed by atoms with E-state index < -0.39 is 0 Å². The van der Waals surface area contributed by atoms with Crippen molar-refractivity contribution in [3.8, 4) is 11.5 Å². The van der Waals surface area contributed by atoms with Gasteiger partial charge in [0.1, 0.15) is 0 Å². The molecule has 0 unspecified atom stereocenters. The van der Waals surface area contributed by atoms with E-state index in [1.807, 2.05) is 42.6 Å². The molecule has 1 N–H and O–H groups in total. The molecule has 0 amide bonds. The van der Waals surface area contributed by atoms with E-state index in [2.05, 4.69) is 32.7 Å². The number of pyridine rings is 1. The summed E-state index contributed by atoms with van der Waals surface area (Å²) in [5.74, 6) is 1.51. The summed E-state index contributed by atoms with van der Waals surface area (Å²) in [7, 11) is 0. The zero-order valence-corrected chi connectivity index (χ0v) is 15.3. The maximum Gasteiger partial charge on any atom is 0.231 e. The Morgan fingerprint density at radius 2 is 2.04 bits per heavy atom. The minimum absolute atomic E-state index is 0.0206. The average Bonchev–Trinajstić information content (AvgIpc) is 3.41. The molecular formula is C19H15N3O2S2. The number of nitrogens with one attached hydrogen (secondary N) is 1. The number of ether oxygens (including phenoxy) is 2. The van der Waals surface area contributed by atoms with E-state index in [-0.39, 0.29) is 18.9 Å². The van der Waals surface area contributed by atoms with Gasteiger partial charge in [-0.2, -0.15) is 0 Å². The van der Waals surface area contributed by atoms with Gasteiger partial charge in [0.05, 0.1) is 17.8 Å². The molecule has 1 saturated heterocycles. The number of hydrogen-bond donors (Lipinski definition) is 1. The lowest BCUT2D eigenvalue weighted by Gasteiger charge is -2.27. The number of anilines is 1. The molecule has 5 rings (SSSR count). The maximum atomic E-state index is 5.70. The molecule has 5 nitrogen and oxygen atoms in total. The third kappa shape index (κ3) is 2.51. The van der Waals surface area contributed by atoms with Crippen LogP contribution in [0, 0.1) is 0 Å². The lowest BCUT2D eigenvalue weighted by molar-refractivity contribution is 0.174. The van der Waals surface area contributed by atoms with Gasteiger partial charge in [0.15, 0.2) is 16.6 Å². The van der Waals surface area contributed by atoms with Crippen molar-refractivity contribution in [2.24, 2.45) is 0 Å². The lowest BCUT2D eigenvalue weighted by Crippen LogP contribution is -2.29. The van der Waals surface area contributed by atoms with E-state index in [1.54, 1.807) is 11.3 Å². The molecule has 4 heterocycles. The van der Waals surface area contributed by atoms with Gasteiger partial charge in [-0.25, -0.2) is 0 Å². The van der Waals surface area contributed by atoms with Gasteiger partial charge in [0.2, 0.25) is 6.79 Å². The van der Waals surface area contributed by atoms with Crippen LogP contribution in [0.2, 0.25) is 0 Å². The average molecular weight is 381 g/mol. The SMILES string of the molecule is S=C1N[C@@H](c2ccccn2)[C@@H](c2cccs2)N1c1ccc2c(c1)OCO2. The minimum Gasteiger partial charge on any atom is -0.454 e. The predicted octanol–water partition coefficient (Wildman–Crippen LogP) is 4.05. The first kappa shape index (κ1) is 15.6. The number of thiocarbonyl (C=S) groups is 1. The highest BCUT2D eigenvalue weighted by molar-refractivity contribution is 7.80. The van der Waals surface area contributed by atoms with Crippen LogP contribution in [0.15, 0.2) is 60.1 Å². The van der Waals surface area contributed by atoms with E-state index in [4.69, 9.17) is 21.7 Å². The molecule has 0 bridgehead atoms. The molecule has 1 aromatic carbocycles. The van der Waals surface area contributed by atoms with Crippen molar-refractivity contribution in [3.63, 3.8) is 0 Å². The van der Waals surface area contributed by atoms with Crippen molar-refractivity contribution >= 4 is 34.4 Å². The molecule has 1 fully saturated rings. The van der Waals surface area contributed by atoms with Crippen LogP contribution in [-0.2, 0) is 0 Å². The van der Waals surface area contributed by atoms with E-state index in [0.717, 1.165) is 22.9 Å². The highest BCUT2D eigenvalue weighted by atomic mass is 32.1. The summed E-state index contributed by atoms with van der Waals surface area (Å²) < 4.78 is 11.0. The second-order valence-corrected chi connectivity index (χ2v) is 7.42. The monoisotopic (exact) mass is 381 g/mol. The first-order chi connectivity index (χ1) is 12.8. The van der Waals surface area contributed by atoms with Gasteiger partial charge in [0.25, 0.3) is 0 Å². The van der Waals surface area contributed by atoms with Gasteiger partial charge >= 0.3 is 0 Å². The zero-order valence-electron chi connectivity index (χ0n) is 13.7. The highest BCUT2D eigenvalue weighted by Gasteiger charge is 2.41. The number of aromatic nitrogens is 1. The van der Waals surface area contributed by atoms with Crippen LogP contribution in [0.5, 0.6) is 11.5 Å². The Balaban J connectivity index is 1.60.